The Hall–Kier alpha value is -2.22. The Kier molecular flexibility index (Phi) is 7.75. The van der Waals surface area contributed by atoms with Crippen molar-refractivity contribution in [2.45, 2.75) is 61.7 Å². The molecule has 7 rings (SSSR count). The summed E-state index contributed by atoms with van der Waals surface area (Å²) >= 11 is 1.66. The smallest absolute Gasteiger partial charge is 0.411 e. The number of carbonyl (C=O) groups excluding carboxylic acids is 2. The normalized spacial score (nSPS) is 26.6. The van der Waals surface area contributed by atoms with Crippen LogP contribution in [0, 0.1) is 23.2 Å². The third-order valence-corrected chi connectivity index (χ3v) is 9.73. The Morgan fingerprint density at radius 3 is 2.41 bits per heavy atom. The van der Waals surface area contributed by atoms with Crippen LogP contribution in [0.5, 0.6) is 0 Å². The van der Waals surface area contributed by atoms with Crippen LogP contribution in [-0.4, -0.2) is 31.7 Å². The number of ether oxygens (including phenoxy) is 1. The van der Waals surface area contributed by atoms with E-state index in [0.717, 1.165) is 45.5 Å². The molecule has 2 amide bonds. The molecule has 0 spiro atoms. The summed E-state index contributed by atoms with van der Waals surface area (Å²) in [7, 11) is 0. The van der Waals surface area contributed by atoms with Crippen molar-refractivity contribution in [3.8, 4) is 0 Å². The van der Waals surface area contributed by atoms with E-state index in [-0.39, 0.29) is 18.3 Å². The van der Waals surface area contributed by atoms with Gasteiger partial charge in [0.15, 0.2) is 0 Å². The number of para-hydroxylation sites is 1. The van der Waals surface area contributed by atoms with Crippen LogP contribution in [0.3, 0.4) is 0 Å². The van der Waals surface area contributed by atoms with Gasteiger partial charge in [-0.1, -0.05) is 23.9 Å². The van der Waals surface area contributed by atoms with E-state index in [1.54, 1.807) is 18.7 Å². The molecule has 37 heavy (non-hydrogen) atoms. The van der Waals surface area contributed by atoms with Crippen molar-refractivity contribution >= 4 is 40.8 Å². The summed E-state index contributed by atoms with van der Waals surface area (Å²) < 4.78 is 5.03. The zero-order chi connectivity index (χ0) is 24.7. The highest BCUT2D eigenvalue weighted by Gasteiger charge is 2.51. The molecule has 2 aromatic carbocycles. The molecule has 0 aromatic heterocycles. The molecule has 1 aliphatic heterocycles. The first kappa shape index (κ1) is 26.4. The van der Waals surface area contributed by atoms with Gasteiger partial charge in [0, 0.05) is 20.9 Å². The summed E-state index contributed by atoms with van der Waals surface area (Å²) in [6, 6.07) is 13.8. The zero-order valence-corrected chi connectivity index (χ0v) is 23.0. The quantitative estimate of drug-likeness (QED) is 0.528. The number of nitrogens with zero attached hydrogens (tertiary/aromatic N) is 1. The number of hydrogen-bond donors (Lipinski definition) is 2. The first-order valence-corrected chi connectivity index (χ1v) is 14.3. The Balaban J connectivity index is 0.00000280. The molecule has 6 nitrogen and oxygen atoms in total. The van der Waals surface area contributed by atoms with Gasteiger partial charge in [-0.3, -0.25) is 15.0 Å². The molecule has 4 aliphatic carbocycles. The van der Waals surface area contributed by atoms with Gasteiger partial charge in [-0.15, -0.1) is 0 Å². The lowest BCUT2D eigenvalue weighted by molar-refractivity contribution is -0.668. The second-order valence-electron chi connectivity index (χ2n) is 11.3. The summed E-state index contributed by atoms with van der Waals surface area (Å²) in [4.78, 5) is 29.6. The van der Waals surface area contributed by atoms with E-state index in [9.17, 15) is 9.59 Å². The van der Waals surface area contributed by atoms with Crippen LogP contribution < -0.4 is 27.9 Å². The molecule has 8 heteroatoms. The Labute approximate surface area is 229 Å². The number of nitrogens with two attached hydrogens (primary N) is 1. The van der Waals surface area contributed by atoms with E-state index in [2.05, 4.69) is 16.7 Å². The van der Waals surface area contributed by atoms with Crippen molar-refractivity contribution in [3.05, 3.63) is 42.5 Å². The third kappa shape index (κ3) is 5.36. The van der Waals surface area contributed by atoms with Crippen molar-refractivity contribution in [2.75, 3.05) is 29.9 Å². The van der Waals surface area contributed by atoms with E-state index in [1.807, 2.05) is 41.3 Å². The first-order chi connectivity index (χ1) is 17.5. The minimum Gasteiger partial charge on any atom is -1.00 e. The predicted octanol–water partition coefficient (Wildman–Crippen LogP) is 2.56. The van der Waals surface area contributed by atoms with Crippen LogP contribution in [-0.2, 0) is 9.53 Å². The number of amides is 2. The highest BCUT2D eigenvalue weighted by molar-refractivity contribution is 7.99. The van der Waals surface area contributed by atoms with Crippen LogP contribution in [0.4, 0.5) is 21.9 Å². The lowest BCUT2D eigenvalue weighted by atomic mass is 9.49. The van der Waals surface area contributed by atoms with Gasteiger partial charge < -0.3 is 22.5 Å². The highest BCUT2D eigenvalue weighted by atomic mass is 35.5. The van der Waals surface area contributed by atoms with Crippen LogP contribution >= 0.6 is 11.8 Å². The molecule has 4 saturated carbocycles. The minimum atomic E-state index is -0.488. The highest BCUT2D eigenvalue weighted by Crippen LogP contribution is 2.59. The van der Waals surface area contributed by atoms with E-state index in [1.165, 1.54) is 45.1 Å². The van der Waals surface area contributed by atoms with Gasteiger partial charge in [-0.25, -0.2) is 4.79 Å². The monoisotopic (exact) mass is 541 g/mol. The number of nitrogens with one attached hydrogen (secondary N) is 1. The van der Waals surface area contributed by atoms with E-state index in [0.29, 0.717) is 24.1 Å². The van der Waals surface area contributed by atoms with Crippen LogP contribution in [0.1, 0.15) is 51.9 Å². The number of fused-ring (bicyclic) bond motifs is 2. The molecular formula is C29H36ClN3O3S. The molecule has 1 heterocycles. The fourth-order valence-corrected chi connectivity index (χ4v) is 8.71. The van der Waals surface area contributed by atoms with Gasteiger partial charge >= 0.3 is 6.09 Å². The molecule has 4 fully saturated rings. The largest absolute Gasteiger partial charge is 1.00 e. The van der Waals surface area contributed by atoms with Crippen molar-refractivity contribution in [1.29, 1.82) is 0 Å². The van der Waals surface area contributed by atoms with Crippen LogP contribution in [0.2, 0.25) is 0 Å². The Bertz CT molecular complexity index is 1140. The average Bonchev–Trinajstić information content (AvgIpc) is 2.84. The van der Waals surface area contributed by atoms with Gasteiger partial charge in [-0.05, 0) is 93.5 Å². The Morgan fingerprint density at radius 2 is 1.70 bits per heavy atom. The number of halogens is 1. The van der Waals surface area contributed by atoms with Crippen molar-refractivity contribution in [3.63, 3.8) is 0 Å². The minimum absolute atomic E-state index is 0. The summed E-state index contributed by atoms with van der Waals surface area (Å²) in [5.41, 5.74) is 2.87. The maximum atomic E-state index is 13.7. The molecule has 198 valence electrons. The third-order valence-electron chi connectivity index (χ3n) is 8.60. The second kappa shape index (κ2) is 10.9. The lowest BCUT2D eigenvalue weighted by Gasteiger charge is -2.56. The second-order valence-corrected chi connectivity index (χ2v) is 12.4. The fraction of sp³-hybridized carbons (Fsp3) is 0.517. The summed E-state index contributed by atoms with van der Waals surface area (Å²) in [6.07, 6.45) is 8.62. The molecule has 2 aromatic rings. The number of benzene rings is 2. The molecule has 4 bridgehead atoms. The molecule has 0 saturated heterocycles. The molecule has 0 unspecified atom stereocenters. The van der Waals surface area contributed by atoms with Crippen molar-refractivity contribution in [2.24, 2.45) is 23.2 Å². The molecule has 5 aliphatic rings. The molecule has 0 atom stereocenters. The van der Waals surface area contributed by atoms with Crippen molar-refractivity contribution < 1.29 is 32.0 Å². The molecular weight excluding hydrogens is 506 g/mol. The number of quaternary nitrogens is 1. The maximum absolute atomic E-state index is 13.7. The van der Waals surface area contributed by atoms with Crippen molar-refractivity contribution in [1.82, 2.24) is 0 Å². The lowest BCUT2D eigenvalue weighted by Crippen LogP contribution is -3.00. The number of carbonyl (C=O) groups is 2. The van der Waals surface area contributed by atoms with Gasteiger partial charge in [-0.2, -0.15) is 0 Å². The Morgan fingerprint density at radius 1 is 1.03 bits per heavy atom. The van der Waals surface area contributed by atoms with Crippen LogP contribution in [0.15, 0.2) is 52.3 Å². The topological polar surface area (TPSA) is 75.2 Å². The number of anilines is 3. The van der Waals surface area contributed by atoms with Crippen LogP contribution in [0.25, 0.3) is 0 Å². The maximum Gasteiger partial charge on any atom is 0.411 e. The molecule has 3 N–H and O–H groups in total. The molecule has 0 radical (unpaired) electrons. The summed E-state index contributed by atoms with van der Waals surface area (Å²) in [5.74, 6) is 2.98. The summed E-state index contributed by atoms with van der Waals surface area (Å²) in [6.45, 7) is 4.06. The average molecular weight is 542 g/mol. The van der Waals surface area contributed by atoms with E-state index >= 15 is 0 Å². The van der Waals surface area contributed by atoms with Gasteiger partial charge in [0.05, 0.1) is 37.5 Å². The number of hydrogen-bond acceptors (Lipinski definition) is 4. The first-order valence-electron chi connectivity index (χ1n) is 13.5. The standard InChI is InChI=1S/C29H35N3O3S.ClH/c1-2-35-28(34)31-22-7-8-26-24(14-22)32(23-5-3-4-6-25(23)36-26)27(33)9-10-30-18-29-15-19-11-20(16-29)13-21(12-19)17-29;/h3-8,14,19-21,30H,2,9-13,15-18H2,1H3,(H,31,34);1H. The SMILES string of the molecule is CCOC(=O)Nc1ccc2c(c1)N(C(=O)CC[NH2+]CC13CC4CC(CC(C4)C1)C3)c1ccccc1S2.[Cl-]. The zero-order valence-electron chi connectivity index (χ0n) is 21.4. The summed E-state index contributed by atoms with van der Waals surface area (Å²) in [5, 5.41) is 5.19. The van der Waals surface area contributed by atoms with E-state index in [4.69, 9.17) is 4.74 Å². The number of rotatable bonds is 7. The fourth-order valence-electron chi connectivity index (χ4n) is 7.67. The van der Waals surface area contributed by atoms with Gasteiger partial charge in [0.25, 0.3) is 0 Å². The van der Waals surface area contributed by atoms with E-state index < -0.39 is 6.09 Å². The predicted molar refractivity (Wildman–Crippen MR) is 142 cm³/mol. The van der Waals surface area contributed by atoms with Gasteiger partial charge in [0.1, 0.15) is 0 Å². The van der Waals surface area contributed by atoms with Gasteiger partial charge in [0.2, 0.25) is 5.91 Å².